The predicted octanol–water partition coefficient (Wildman–Crippen LogP) is 5.84. The highest BCUT2D eigenvalue weighted by Crippen LogP contribution is 2.31. The number of likely N-dealkylation sites (N-methyl/N-ethyl adjacent to an activating group) is 1. The summed E-state index contributed by atoms with van der Waals surface area (Å²) in [6, 6.07) is 14.9. The number of aromatic nitrogens is 1. The Kier molecular flexibility index (Phi) is 8.51. The number of carbonyl (C=O) groups excluding carboxylic acids is 2. The van der Waals surface area contributed by atoms with E-state index in [9.17, 15) is 18.2 Å². The van der Waals surface area contributed by atoms with Crippen molar-refractivity contribution in [3.05, 3.63) is 88.9 Å². The zero-order valence-electron chi connectivity index (χ0n) is 25.1. The number of ether oxygens (including phenoxy) is 1. The lowest BCUT2D eigenvalue weighted by molar-refractivity contribution is -0.131. The number of aryl methyl sites for hydroxylation is 1. The largest absolute Gasteiger partial charge is 0.449 e. The van der Waals surface area contributed by atoms with Crippen molar-refractivity contribution >= 4 is 55.4 Å². The fourth-order valence-electron chi connectivity index (χ4n) is 5.50. The lowest BCUT2D eigenvalue weighted by Gasteiger charge is -2.28. The Balaban J connectivity index is 1.61. The summed E-state index contributed by atoms with van der Waals surface area (Å²) in [5, 5.41) is 6.82. The second kappa shape index (κ2) is 12.2. The van der Waals surface area contributed by atoms with Gasteiger partial charge in [0.15, 0.2) is 0 Å². The third-order valence-corrected chi connectivity index (χ3v) is 10.1. The number of carbonyl (C=O) groups is 2. The minimum absolute atomic E-state index is 0.0894. The van der Waals surface area contributed by atoms with E-state index in [4.69, 9.17) is 10.5 Å². The number of pyridine rings is 1. The van der Waals surface area contributed by atoms with Gasteiger partial charge in [-0.15, -0.1) is 0 Å². The molecule has 230 valence electrons. The molecule has 0 radical (unpaired) electrons. The summed E-state index contributed by atoms with van der Waals surface area (Å²) < 4.78 is 33.7. The molecule has 0 aliphatic carbocycles. The smallest absolute Gasteiger partial charge is 0.411 e. The second-order valence-electron chi connectivity index (χ2n) is 11.2. The lowest BCUT2D eigenvalue weighted by atomic mass is 9.93. The van der Waals surface area contributed by atoms with Crippen LogP contribution >= 0.6 is 0 Å². The number of benzene rings is 3. The van der Waals surface area contributed by atoms with Crippen LogP contribution in [-0.2, 0) is 25.6 Å². The van der Waals surface area contributed by atoms with E-state index in [2.05, 4.69) is 21.5 Å². The van der Waals surface area contributed by atoms with Crippen molar-refractivity contribution in [1.82, 2.24) is 9.88 Å². The van der Waals surface area contributed by atoms with E-state index in [0.29, 0.717) is 38.5 Å². The Labute approximate surface area is 256 Å². The highest BCUT2D eigenvalue weighted by Gasteiger charge is 2.27. The van der Waals surface area contributed by atoms with Gasteiger partial charge in [-0.2, -0.15) is 0 Å². The summed E-state index contributed by atoms with van der Waals surface area (Å²) in [7, 11) is -1.00. The molecular formula is C33H36FN5O4S. The van der Waals surface area contributed by atoms with E-state index >= 15 is 0 Å². The Morgan fingerprint density at radius 3 is 2.66 bits per heavy atom. The third kappa shape index (κ3) is 6.19. The van der Waals surface area contributed by atoms with E-state index < -0.39 is 27.5 Å². The number of amides is 2. The zero-order chi connectivity index (χ0) is 31.8. The molecule has 1 aromatic heterocycles. The Morgan fingerprint density at radius 2 is 1.93 bits per heavy atom. The van der Waals surface area contributed by atoms with Gasteiger partial charge in [0, 0.05) is 52.3 Å². The van der Waals surface area contributed by atoms with Crippen LogP contribution < -0.4 is 16.4 Å². The molecule has 6 rings (SSSR count). The van der Waals surface area contributed by atoms with Gasteiger partial charge in [-0.25, -0.2) is 14.2 Å². The van der Waals surface area contributed by atoms with E-state index in [1.165, 1.54) is 4.90 Å². The normalized spacial score (nSPS) is 18.9. The van der Waals surface area contributed by atoms with Crippen molar-refractivity contribution in [3.63, 3.8) is 0 Å². The summed E-state index contributed by atoms with van der Waals surface area (Å²) in [5.41, 5.74) is 10.1. The number of hydrogen-bond acceptors (Lipinski definition) is 7. The van der Waals surface area contributed by atoms with Crippen LogP contribution in [0.3, 0.4) is 0 Å². The highest BCUT2D eigenvalue weighted by molar-refractivity contribution is 8.00. The van der Waals surface area contributed by atoms with Crippen molar-refractivity contribution in [2.45, 2.75) is 44.2 Å². The SMILES string of the molecule is C=S(=O)(CC)c1ccc2cc1CN(C)C(=O)[C@H](Nc1ccc3c(N)ncc(F)c3c1)c1ccc(c(C)c1)[C@@H](C)COC(=O)N2. The van der Waals surface area contributed by atoms with Crippen molar-refractivity contribution in [2.24, 2.45) is 0 Å². The molecule has 3 aromatic carbocycles. The minimum atomic E-state index is -2.66. The van der Waals surface area contributed by atoms with Crippen LogP contribution in [0, 0.1) is 12.7 Å². The molecule has 3 atom stereocenters. The van der Waals surface area contributed by atoms with Gasteiger partial charge in [0.1, 0.15) is 17.7 Å². The van der Waals surface area contributed by atoms with Crippen LogP contribution in [0.15, 0.2) is 65.7 Å². The first-order valence-electron chi connectivity index (χ1n) is 14.2. The molecular weight excluding hydrogens is 581 g/mol. The van der Waals surface area contributed by atoms with Crippen molar-refractivity contribution in [1.29, 1.82) is 0 Å². The summed E-state index contributed by atoms with van der Waals surface area (Å²) in [6.45, 7) is 5.92. The number of rotatable bonds is 4. The summed E-state index contributed by atoms with van der Waals surface area (Å²) in [4.78, 5) is 32.8. The van der Waals surface area contributed by atoms with Crippen LogP contribution in [0.25, 0.3) is 10.8 Å². The van der Waals surface area contributed by atoms with E-state index in [0.717, 1.165) is 17.3 Å². The van der Waals surface area contributed by atoms with Crippen LogP contribution in [0.4, 0.5) is 26.4 Å². The monoisotopic (exact) mass is 617 g/mol. The highest BCUT2D eigenvalue weighted by atomic mass is 32.2. The van der Waals surface area contributed by atoms with Gasteiger partial charge in [-0.3, -0.25) is 14.3 Å². The molecule has 11 heteroatoms. The average molecular weight is 618 g/mol. The van der Waals surface area contributed by atoms with Crippen molar-refractivity contribution in [3.8, 4) is 0 Å². The molecule has 0 fully saturated rings. The van der Waals surface area contributed by atoms with Gasteiger partial charge in [0.25, 0.3) is 0 Å². The Bertz CT molecular complexity index is 1880. The number of nitrogen functional groups attached to an aromatic ring is 1. The molecule has 3 heterocycles. The maximum absolute atomic E-state index is 14.7. The number of fused-ring (bicyclic) bond motifs is 10. The minimum Gasteiger partial charge on any atom is -0.449 e. The maximum atomic E-state index is 14.7. The number of anilines is 3. The van der Waals surface area contributed by atoms with Gasteiger partial charge in [-0.05, 0) is 81.0 Å². The lowest BCUT2D eigenvalue weighted by Crippen LogP contribution is -2.35. The molecule has 0 saturated carbocycles. The molecule has 2 aliphatic rings. The summed E-state index contributed by atoms with van der Waals surface area (Å²) in [5.74, 6) is 3.54. The van der Waals surface area contributed by atoms with Gasteiger partial charge < -0.3 is 20.7 Å². The second-order valence-corrected chi connectivity index (χ2v) is 13.8. The zero-order valence-corrected chi connectivity index (χ0v) is 26.0. The topological polar surface area (TPSA) is 127 Å². The maximum Gasteiger partial charge on any atom is 0.411 e. The average Bonchev–Trinajstić information content (AvgIpc) is 2.99. The fraction of sp³-hybridized carbons (Fsp3) is 0.273. The van der Waals surface area contributed by atoms with E-state index in [1.807, 2.05) is 32.0 Å². The van der Waals surface area contributed by atoms with Gasteiger partial charge in [0.05, 0.1) is 12.8 Å². The quantitative estimate of drug-likeness (QED) is 0.246. The van der Waals surface area contributed by atoms with Crippen LogP contribution in [0.2, 0.25) is 0 Å². The number of nitrogens with two attached hydrogens (primary N) is 1. The van der Waals surface area contributed by atoms with Crippen molar-refractivity contribution < 1.29 is 22.9 Å². The first-order chi connectivity index (χ1) is 20.9. The summed E-state index contributed by atoms with van der Waals surface area (Å²) in [6.07, 6.45) is 0.464. The molecule has 4 bridgehead atoms. The number of halogens is 1. The van der Waals surface area contributed by atoms with Gasteiger partial charge in [0.2, 0.25) is 5.91 Å². The number of nitrogens with one attached hydrogen (secondary N) is 2. The third-order valence-electron chi connectivity index (χ3n) is 8.01. The molecule has 2 aliphatic heterocycles. The molecule has 0 spiro atoms. The van der Waals surface area contributed by atoms with Crippen LogP contribution in [0.5, 0.6) is 0 Å². The Hall–Kier alpha value is -4.64. The molecule has 0 saturated heterocycles. The standard InChI is InChI=1S/C33H36FN5O4S/c1-6-44(5,42)29-12-9-23-14-22(29)17-39(4)32(40)30(37-24-8-11-26-27(15-24)28(34)16-36-31(26)35)21-7-10-25(19(2)13-21)20(3)18-43-33(41)38-23/h7-16,20,30,37H,5-6,17-18H2,1-4H3,(H2,35,36)(H,38,41)/t20-,30+,44?/m0/s1. The first-order valence-corrected chi connectivity index (χ1v) is 16.1. The molecule has 4 aromatic rings. The molecule has 2 amide bonds. The molecule has 1 unspecified atom stereocenters. The molecule has 44 heavy (non-hydrogen) atoms. The number of hydrogen-bond donors (Lipinski definition) is 3. The van der Waals surface area contributed by atoms with Crippen LogP contribution in [-0.4, -0.2) is 51.4 Å². The molecule has 9 nitrogen and oxygen atoms in total. The van der Waals surface area contributed by atoms with E-state index in [1.54, 1.807) is 50.4 Å². The fourth-order valence-corrected chi connectivity index (χ4v) is 6.73. The predicted molar refractivity (Wildman–Crippen MR) is 174 cm³/mol. The van der Waals surface area contributed by atoms with Gasteiger partial charge >= 0.3 is 6.09 Å². The van der Waals surface area contributed by atoms with Crippen molar-refractivity contribution in [2.75, 3.05) is 35.8 Å². The summed E-state index contributed by atoms with van der Waals surface area (Å²) >= 11 is 0. The number of nitrogens with zero attached hydrogens (tertiary/aromatic N) is 2. The van der Waals surface area contributed by atoms with Crippen LogP contribution in [0.1, 0.15) is 48.1 Å². The first kappa shape index (κ1) is 30.8. The van der Waals surface area contributed by atoms with Gasteiger partial charge in [-0.1, -0.05) is 32.0 Å². The Morgan fingerprint density at radius 1 is 1.16 bits per heavy atom. The van der Waals surface area contributed by atoms with E-state index in [-0.39, 0.29) is 36.2 Å². The molecule has 4 N–H and O–H groups in total.